The zero-order valence-corrected chi connectivity index (χ0v) is 20.5. The summed E-state index contributed by atoms with van der Waals surface area (Å²) in [6.07, 6.45) is 1.49. The van der Waals surface area contributed by atoms with Crippen LogP contribution >= 0.6 is 23.2 Å². The van der Waals surface area contributed by atoms with Gasteiger partial charge in [-0.2, -0.15) is 0 Å². The Labute approximate surface area is 207 Å². The second-order valence-electron chi connectivity index (χ2n) is 8.10. The predicted molar refractivity (Wildman–Crippen MR) is 135 cm³/mol. The number of nitrogens with zero attached hydrogens (tertiary/aromatic N) is 3. The van der Waals surface area contributed by atoms with Gasteiger partial charge in [0.2, 0.25) is 0 Å². The number of amides is 4. The molecule has 0 atom stereocenters. The van der Waals surface area contributed by atoms with Gasteiger partial charge < -0.3 is 9.47 Å². The molecule has 0 radical (unpaired) electrons. The number of nitrogens with one attached hydrogen (secondary N) is 1. The van der Waals surface area contributed by atoms with Crippen molar-refractivity contribution in [3.05, 3.63) is 81.1 Å². The van der Waals surface area contributed by atoms with Crippen molar-refractivity contribution in [2.45, 2.75) is 13.8 Å². The number of hydrogen-bond acceptors (Lipinski definition) is 4. The van der Waals surface area contributed by atoms with Gasteiger partial charge in [-0.15, -0.1) is 0 Å². The van der Waals surface area contributed by atoms with Gasteiger partial charge in [0.25, 0.3) is 11.8 Å². The van der Waals surface area contributed by atoms with Crippen LogP contribution in [-0.4, -0.2) is 36.5 Å². The molecular formula is C25H22Cl2N4O3. The third kappa shape index (κ3) is 4.08. The maximum Gasteiger partial charge on any atom is 0.336 e. The number of anilines is 2. The van der Waals surface area contributed by atoms with Crippen molar-refractivity contribution >= 4 is 58.5 Å². The van der Waals surface area contributed by atoms with Crippen LogP contribution in [0.1, 0.15) is 17.0 Å². The number of aromatic nitrogens is 1. The van der Waals surface area contributed by atoms with Crippen molar-refractivity contribution in [3.63, 3.8) is 0 Å². The molecule has 1 N–H and O–H groups in total. The molecule has 174 valence electrons. The summed E-state index contributed by atoms with van der Waals surface area (Å²) in [5.41, 5.74) is 4.39. The normalized spacial score (nSPS) is 15.2. The van der Waals surface area contributed by atoms with E-state index in [4.69, 9.17) is 23.2 Å². The molecule has 1 aliphatic rings. The summed E-state index contributed by atoms with van der Waals surface area (Å²) in [6.45, 7) is 3.85. The fourth-order valence-electron chi connectivity index (χ4n) is 3.93. The topological polar surface area (TPSA) is 74.6 Å². The molecule has 2 aromatic carbocycles. The molecule has 1 saturated heterocycles. The summed E-state index contributed by atoms with van der Waals surface area (Å²) < 4.78 is 2.04. The van der Waals surface area contributed by atoms with Crippen molar-refractivity contribution < 1.29 is 14.4 Å². The van der Waals surface area contributed by atoms with Crippen molar-refractivity contribution in [2.75, 3.05) is 23.9 Å². The fourth-order valence-corrected chi connectivity index (χ4v) is 4.31. The SMILES string of the molecule is Cc1cc(/C=C2\C(=O)NC(=O)N(c3cccc(Cl)c3Cl)C2=O)c(C)n1-c1ccc(N(C)C)cc1. The smallest absolute Gasteiger partial charge is 0.336 e. The Kier molecular flexibility index (Phi) is 6.25. The number of benzene rings is 2. The first kappa shape index (κ1) is 23.6. The minimum Gasteiger partial charge on any atom is -0.378 e. The van der Waals surface area contributed by atoms with Crippen LogP contribution in [0.2, 0.25) is 10.0 Å². The average molecular weight is 497 g/mol. The van der Waals surface area contributed by atoms with E-state index in [2.05, 4.69) is 5.32 Å². The number of barbiturate groups is 1. The van der Waals surface area contributed by atoms with Crippen molar-refractivity contribution in [1.29, 1.82) is 0 Å². The molecule has 0 saturated carbocycles. The van der Waals surface area contributed by atoms with Gasteiger partial charge in [0.05, 0.1) is 15.7 Å². The highest BCUT2D eigenvalue weighted by Gasteiger charge is 2.38. The van der Waals surface area contributed by atoms with Crippen LogP contribution in [0.4, 0.5) is 16.2 Å². The van der Waals surface area contributed by atoms with Crippen LogP contribution in [0.3, 0.4) is 0 Å². The first-order valence-corrected chi connectivity index (χ1v) is 11.2. The lowest BCUT2D eigenvalue weighted by Crippen LogP contribution is -2.54. The average Bonchev–Trinajstić information content (AvgIpc) is 3.06. The highest BCUT2D eigenvalue weighted by Crippen LogP contribution is 2.34. The Morgan fingerprint density at radius 2 is 1.65 bits per heavy atom. The monoisotopic (exact) mass is 496 g/mol. The van der Waals surface area contributed by atoms with E-state index >= 15 is 0 Å². The zero-order chi connectivity index (χ0) is 24.7. The first-order valence-electron chi connectivity index (χ1n) is 10.4. The molecule has 4 amide bonds. The van der Waals surface area contributed by atoms with Gasteiger partial charge in [0.15, 0.2) is 0 Å². The van der Waals surface area contributed by atoms with E-state index < -0.39 is 17.8 Å². The predicted octanol–water partition coefficient (Wildman–Crippen LogP) is 5.13. The molecule has 1 aliphatic heterocycles. The van der Waals surface area contributed by atoms with E-state index in [0.717, 1.165) is 27.7 Å². The third-order valence-corrected chi connectivity index (χ3v) is 6.48. The van der Waals surface area contributed by atoms with Crippen LogP contribution in [0, 0.1) is 13.8 Å². The molecule has 1 fully saturated rings. The number of halogens is 2. The molecule has 0 aliphatic carbocycles. The minimum atomic E-state index is -0.886. The lowest BCUT2D eigenvalue weighted by molar-refractivity contribution is -0.122. The molecule has 34 heavy (non-hydrogen) atoms. The molecule has 0 unspecified atom stereocenters. The fraction of sp³-hybridized carbons (Fsp3) is 0.160. The first-order chi connectivity index (χ1) is 16.1. The van der Waals surface area contributed by atoms with Gasteiger partial charge in [0, 0.05) is 36.9 Å². The summed E-state index contributed by atoms with van der Waals surface area (Å²) in [5.74, 6) is -1.55. The minimum absolute atomic E-state index is 0.0423. The Morgan fingerprint density at radius 1 is 0.971 bits per heavy atom. The molecule has 0 bridgehead atoms. The van der Waals surface area contributed by atoms with Gasteiger partial charge in [-0.05, 0) is 68.0 Å². The number of urea groups is 1. The Morgan fingerprint density at radius 3 is 2.29 bits per heavy atom. The van der Waals surface area contributed by atoms with Gasteiger partial charge in [-0.3, -0.25) is 14.9 Å². The van der Waals surface area contributed by atoms with Gasteiger partial charge in [-0.1, -0.05) is 29.3 Å². The number of carbonyl (C=O) groups excluding carboxylic acids is 3. The number of imide groups is 2. The molecule has 9 heteroatoms. The second-order valence-corrected chi connectivity index (χ2v) is 8.89. The second kappa shape index (κ2) is 9.00. The zero-order valence-electron chi connectivity index (χ0n) is 19.0. The third-order valence-electron chi connectivity index (χ3n) is 5.67. The standard InChI is InChI=1S/C25H22Cl2N4O3/c1-14-12-16(15(2)30(14)18-10-8-17(9-11-18)29(3)4)13-19-23(32)28-25(34)31(24(19)33)21-7-5-6-20(26)22(21)27/h5-13H,1-4H3,(H,28,32,34)/b19-13+. The van der Waals surface area contributed by atoms with E-state index in [9.17, 15) is 14.4 Å². The quantitative estimate of drug-likeness (QED) is 0.401. The summed E-state index contributed by atoms with van der Waals surface area (Å²) in [5, 5.41) is 2.44. The lowest BCUT2D eigenvalue weighted by atomic mass is 10.1. The largest absolute Gasteiger partial charge is 0.378 e. The van der Waals surface area contributed by atoms with Crippen LogP contribution in [0.15, 0.2) is 54.1 Å². The van der Waals surface area contributed by atoms with E-state index in [-0.39, 0.29) is 21.3 Å². The molecule has 3 aromatic rings. The molecule has 4 rings (SSSR count). The van der Waals surface area contributed by atoms with E-state index in [1.807, 2.05) is 67.7 Å². The lowest BCUT2D eigenvalue weighted by Gasteiger charge is -2.27. The summed E-state index contributed by atoms with van der Waals surface area (Å²) >= 11 is 12.3. The summed E-state index contributed by atoms with van der Waals surface area (Å²) in [4.78, 5) is 41.2. The maximum atomic E-state index is 13.3. The van der Waals surface area contributed by atoms with E-state index in [0.29, 0.717) is 5.56 Å². The van der Waals surface area contributed by atoms with Crippen molar-refractivity contribution in [2.24, 2.45) is 0 Å². The molecule has 0 spiro atoms. The highest BCUT2D eigenvalue weighted by atomic mass is 35.5. The Balaban J connectivity index is 1.75. The number of carbonyl (C=O) groups is 3. The van der Waals surface area contributed by atoms with Gasteiger partial charge in [-0.25, -0.2) is 9.69 Å². The molecule has 2 heterocycles. The molecule has 1 aromatic heterocycles. The number of hydrogen-bond donors (Lipinski definition) is 1. The van der Waals surface area contributed by atoms with Crippen LogP contribution in [0.5, 0.6) is 0 Å². The van der Waals surface area contributed by atoms with Crippen molar-refractivity contribution in [3.8, 4) is 5.69 Å². The highest BCUT2D eigenvalue weighted by molar-refractivity contribution is 6.46. The van der Waals surface area contributed by atoms with Crippen LogP contribution in [-0.2, 0) is 9.59 Å². The maximum absolute atomic E-state index is 13.3. The van der Waals surface area contributed by atoms with E-state index in [1.165, 1.54) is 12.1 Å². The van der Waals surface area contributed by atoms with Gasteiger partial charge in [0.1, 0.15) is 5.57 Å². The van der Waals surface area contributed by atoms with Gasteiger partial charge >= 0.3 is 6.03 Å². The number of aryl methyl sites for hydroxylation is 1. The Bertz CT molecular complexity index is 1360. The summed E-state index contributed by atoms with van der Waals surface area (Å²) in [6, 6.07) is 13.6. The van der Waals surface area contributed by atoms with Crippen LogP contribution < -0.4 is 15.1 Å². The molecular weight excluding hydrogens is 475 g/mol. The Hall–Kier alpha value is -3.55. The number of rotatable bonds is 4. The van der Waals surface area contributed by atoms with E-state index in [1.54, 1.807) is 12.1 Å². The van der Waals surface area contributed by atoms with Crippen molar-refractivity contribution in [1.82, 2.24) is 9.88 Å². The molecule has 7 nitrogen and oxygen atoms in total. The summed E-state index contributed by atoms with van der Waals surface area (Å²) in [7, 11) is 3.95. The van der Waals surface area contributed by atoms with Crippen LogP contribution in [0.25, 0.3) is 11.8 Å².